The summed E-state index contributed by atoms with van der Waals surface area (Å²) in [6.07, 6.45) is 7.83. The Labute approximate surface area is 236 Å². The predicted octanol–water partition coefficient (Wildman–Crippen LogP) is 5.06. The zero-order valence-electron chi connectivity index (χ0n) is 22.7. The number of primary amides is 1. The maximum atomic E-state index is 13.9. The van der Waals surface area contributed by atoms with Gasteiger partial charge >= 0.3 is 0 Å². The van der Waals surface area contributed by atoms with Crippen molar-refractivity contribution in [2.24, 2.45) is 5.73 Å². The van der Waals surface area contributed by atoms with Crippen LogP contribution in [0.25, 0.3) is 11.6 Å². The lowest BCUT2D eigenvalue weighted by molar-refractivity contribution is -0.129. The fraction of sp³-hybridized carbons (Fsp3) is 0.276. The van der Waals surface area contributed by atoms with Gasteiger partial charge in [-0.3, -0.25) is 14.6 Å². The monoisotopic (exact) mass is 563 g/mol. The number of hydrogen-bond donors (Lipinski definition) is 3. The highest BCUT2D eigenvalue weighted by atomic mass is 19.1. The number of carbonyl (C=O) groups is 2. The molecule has 5 heterocycles. The summed E-state index contributed by atoms with van der Waals surface area (Å²) in [5, 5.41) is 6.46. The highest BCUT2D eigenvalue weighted by Gasteiger charge is 2.24. The summed E-state index contributed by atoms with van der Waals surface area (Å²) in [5.74, 6) is -0.786. The largest absolute Gasteiger partial charge is 0.443 e. The van der Waals surface area contributed by atoms with Crippen molar-refractivity contribution in [1.82, 2.24) is 19.9 Å². The van der Waals surface area contributed by atoms with Crippen molar-refractivity contribution in [1.29, 1.82) is 0 Å². The highest BCUT2D eigenvalue weighted by Crippen LogP contribution is 2.37. The second-order valence-corrected chi connectivity index (χ2v) is 9.44. The van der Waals surface area contributed by atoms with Crippen LogP contribution in [0.3, 0.4) is 0 Å². The number of nitrogens with one attached hydrogen (secondary N) is 2. The minimum absolute atomic E-state index is 0.0556. The summed E-state index contributed by atoms with van der Waals surface area (Å²) in [4.78, 5) is 35.1. The molecule has 214 valence electrons. The van der Waals surface area contributed by atoms with Crippen molar-refractivity contribution < 1.29 is 22.8 Å². The number of nitrogens with zero attached hydrogens (tertiary/aromatic N) is 4. The van der Waals surface area contributed by atoms with E-state index in [2.05, 4.69) is 25.6 Å². The third-order valence-corrected chi connectivity index (χ3v) is 6.33. The number of anilines is 2. The van der Waals surface area contributed by atoms with E-state index in [-0.39, 0.29) is 23.6 Å². The van der Waals surface area contributed by atoms with Gasteiger partial charge in [-0.05, 0) is 44.4 Å². The van der Waals surface area contributed by atoms with Gasteiger partial charge in [0.25, 0.3) is 5.91 Å². The maximum absolute atomic E-state index is 13.9. The number of rotatable bonds is 3. The van der Waals surface area contributed by atoms with Gasteiger partial charge in [0.15, 0.2) is 0 Å². The number of oxazole rings is 1. The number of benzene rings is 1. The molecular formula is C29H31F2N7O3. The van der Waals surface area contributed by atoms with Crippen LogP contribution in [-0.2, 0) is 4.79 Å². The van der Waals surface area contributed by atoms with Gasteiger partial charge in [-0.25, -0.2) is 18.7 Å². The summed E-state index contributed by atoms with van der Waals surface area (Å²) in [6.45, 7) is 5.46. The van der Waals surface area contributed by atoms with E-state index in [1.165, 1.54) is 31.5 Å². The molecular weight excluding hydrogens is 532 g/mol. The number of fused-ring (bicyclic) bond motifs is 1. The van der Waals surface area contributed by atoms with E-state index in [1.54, 1.807) is 31.5 Å². The van der Waals surface area contributed by atoms with Gasteiger partial charge in [0.1, 0.15) is 35.5 Å². The van der Waals surface area contributed by atoms with E-state index in [0.717, 1.165) is 42.3 Å². The van der Waals surface area contributed by atoms with Crippen LogP contribution >= 0.6 is 0 Å². The fourth-order valence-electron chi connectivity index (χ4n) is 4.24. The number of likely N-dealkylation sites (tertiary alicyclic amines) is 1. The quantitative estimate of drug-likeness (QED) is 0.314. The molecule has 10 nitrogen and oxygen atoms in total. The number of nitrogens with two attached hydrogens (primary N) is 1. The minimum Gasteiger partial charge on any atom is -0.443 e. The summed E-state index contributed by atoms with van der Waals surface area (Å²) < 4.78 is 31.5. The normalized spacial score (nSPS) is 15.2. The number of halogens is 2. The lowest BCUT2D eigenvalue weighted by Crippen LogP contribution is -2.33. The van der Waals surface area contributed by atoms with Gasteiger partial charge < -0.3 is 25.7 Å². The Balaban J connectivity index is 0.000000169. The molecule has 1 atom stereocenters. The smallest absolute Gasteiger partial charge is 0.267 e. The lowest BCUT2D eigenvalue weighted by Gasteiger charge is -2.24. The second-order valence-electron chi connectivity index (χ2n) is 9.44. The van der Waals surface area contributed by atoms with Gasteiger partial charge in [0, 0.05) is 37.8 Å². The van der Waals surface area contributed by atoms with Crippen LogP contribution in [0, 0.1) is 18.6 Å². The number of carbonyl (C=O) groups excluding carboxylic acids is 2. The topological polar surface area (TPSA) is 139 Å². The standard InChI is InChI=1S/C16H13FN4O.C7H13NO.C6H5FN2O/c1-9-8-22-16(19-9)13-6-12-14(7-18-13)21-15(20-12)10-4-2-3-5-11(10)17;1-7(9)8-5-3-2-4-6-8;7-4-1-2-9-5(3-4)6(8)10/h2-8,15,20-21H,1H3;2-6H2,1H3;1-3H,(H2,8,10). The first kappa shape index (κ1) is 29.1. The Morgan fingerprint density at radius 2 is 1.76 bits per heavy atom. The molecule has 0 bridgehead atoms. The Kier molecular flexibility index (Phi) is 9.56. The SMILES string of the molecule is CC(=O)N1CCCCC1.Cc1coc(-c2cc3c(cn2)NC(c2ccccc2F)N3)n1.NC(=O)c1cc(F)ccn1. The molecule has 6 rings (SSSR count). The molecule has 3 aromatic heterocycles. The molecule has 2 aliphatic rings. The van der Waals surface area contributed by atoms with E-state index in [9.17, 15) is 18.4 Å². The molecule has 0 radical (unpaired) electrons. The average molecular weight is 564 g/mol. The fourth-order valence-corrected chi connectivity index (χ4v) is 4.24. The molecule has 0 saturated carbocycles. The average Bonchev–Trinajstić information content (AvgIpc) is 3.60. The van der Waals surface area contributed by atoms with Crippen molar-refractivity contribution in [2.75, 3.05) is 23.7 Å². The molecule has 1 unspecified atom stereocenters. The van der Waals surface area contributed by atoms with Crippen molar-refractivity contribution in [3.8, 4) is 11.6 Å². The Morgan fingerprint density at radius 3 is 2.34 bits per heavy atom. The van der Waals surface area contributed by atoms with E-state index in [4.69, 9.17) is 10.2 Å². The van der Waals surface area contributed by atoms with Gasteiger partial charge in [0.2, 0.25) is 11.8 Å². The second kappa shape index (κ2) is 13.5. The molecule has 1 saturated heterocycles. The number of hydrogen-bond acceptors (Lipinski definition) is 8. The first-order chi connectivity index (χ1) is 19.7. The molecule has 41 heavy (non-hydrogen) atoms. The summed E-state index contributed by atoms with van der Waals surface area (Å²) in [5.41, 5.74) is 8.42. The van der Waals surface area contributed by atoms with Gasteiger partial charge in [-0.15, -0.1) is 0 Å². The maximum Gasteiger partial charge on any atom is 0.267 e. The van der Waals surface area contributed by atoms with Gasteiger partial charge in [-0.2, -0.15) is 0 Å². The molecule has 2 aliphatic heterocycles. The molecule has 0 spiro atoms. The van der Waals surface area contributed by atoms with Gasteiger partial charge in [0.05, 0.1) is 23.3 Å². The van der Waals surface area contributed by atoms with Crippen LogP contribution in [0.4, 0.5) is 20.2 Å². The highest BCUT2D eigenvalue weighted by molar-refractivity contribution is 5.90. The van der Waals surface area contributed by atoms with Crippen LogP contribution in [-0.4, -0.2) is 44.8 Å². The lowest BCUT2D eigenvalue weighted by atomic mass is 10.1. The zero-order valence-corrected chi connectivity index (χ0v) is 22.7. The number of pyridine rings is 2. The van der Waals surface area contributed by atoms with Crippen LogP contribution in [0.15, 0.2) is 65.5 Å². The first-order valence-electron chi connectivity index (χ1n) is 13.1. The number of amides is 2. The van der Waals surface area contributed by atoms with Crippen LogP contribution in [0.1, 0.15) is 54.1 Å². The van der Waals surface area contributed by atoms with E-state index in [1.807, 2.05) is 24.0 Å². The predicted molar refractivity (Wildman–Crippen MR) is 150 cm³/mol. The molecule has 0 aliphatic carbocycles. The number of aromatic nitrogens is 3. The van der Waals surface area contributed by atoms with Crippen molar-refractivity contribution >= 4 is 23.2 Å². The minimum atomic E-state index is -0.723. The Hall–Kier alpha value is -4.87. The van der Waals surface area contributed by atoms with Crippen LogP contribution in [0.2, 0.25) is 0 Å². The molecule has 4 N–H and O–H groups in total. The molecule has 1 fully saturated rings. The summed E-state index contributed by atoms with van der Waals surface area (Å²) >= 11 is 0. The van der Waals surface area contributed by atoms with E-state index in [0.29, 0.717) is 17.1 Å². The zero-order chi connectivity index (χ0) is 29.4. The summed E-state index contributed by atoms with van der Waals surface area (Å²) in [7, 11) is 0. The van der Waals surface area contributed by atoms with E-state index >= 15 is 0 Å². The first-order valence-corrected chi connectivity index (χ1v) is 13.1. The van der Waals surface area contributed by atoms with E-state index < -0.39 is 11.7 Å². The number of aryl methyl sites for hydroxylation is 1. The Morgan fingerprint density at radius 1 is 1.02 bits per heavy atom. The number of piperidine rings is 1. The van der Waals surface area contributed by atoms with Crippen molar-refractivity contribution in [3.05, 3.63) is 89.7 Å². The van der Waals surface area contributed by atoms with Crippen LogP contribution in [0.5, 0.6) is 0 Å². The van der Waals surface area contributed by atoms with Crippen molar-refractivity contribution in [2.45, 2.75) is 39.3 Å². The molecule has 1 aromatic carbocycles. The van der Waals surface area contributed by atoms with Gasteiger partial charge in [-0.1, -0.05) is 18.2 Å². The summed E-state index contributed by atoms with van der Waals surface area (Å²) in [6, 6.07) is 10.7. The van der Waals surface area contributed by atoms with Crippen molar-refractivity contribution in [3.63, 3.8) is 0 Å². The third kappa shape index (κ3) is 7.84. The Bertz CT molecular complexity index is 1510. The van der Waals surface area contributed by atoms with Crippen LogP contribution < -0.4 is 16.4 Å². The molecule has 12 heteroatoms. The molecule has 2 amide bonds. The third-order valence-electron chi connectivity index (χ3n) is 6.33. The molecule has 4 aromatic rings.